The minimum atomic E-state index is 0.483. The lowest BCUT2D eigenvalue weighted by Crippen LogP contribution is -1.95. The molecule has 1 aromatic heterocycles. The number of nitrogens with zero attached hydrogens (tertiary/aromatic N) is 2. The Morgan fingerprint density at radius 1 is 1.00 bits per heavy atom. The molecule has 1 aromatic carbocycles. The summed E-state index contributed by atoms with van der Waals surface area (Å²) in [5.74, 6) is 0. The molecule has 2 aromatic rings. The zero-order valence-electron chi connectivity index (χ0n) is 9.99. The molecule has 0 radical (unpaired) electrons. The second-order valence-corrected chi connectivity index (χ2v) is 5.30. The quantitative estimate of drug-likeness (QED) is 0.813. The van der Waals surface area contributed by atoms with Crippen LogP contribution in [0.25, 0.3) is 0 Å². The van der Waals surface area contributed by atoms with Crippen LogP contribution in [0.3, 0.4) is 0 Å². The van der Waals surface area contributed by atoms with E-state index in [1.165, 1.54) is 10.5 Å². The minimum absolute atomic E-state index is 0.483. The van der Waals surface area contributed by atoms with Crippen molar-refractivity contribution < 1.29 is 0 Å². The van der Waals surface area contributed by atoms with Gasteiger partial charge in [0.15, 0.2) is 5.15 Å². The number of halogens is 1. The first-order chi connectivity index (χ1) is 8.09. The number of aromatic nitrogens is 2. The Morgan fingerprint density at radius 3 is 2.41 bits per heavy atom. The van der Waals surface area contributed by atoms with E-state index in [1.54, 1.807) is 11.8 Å². The standard InChI is InChI=1S/C13H13ClN2S/c1-8-6-4-5-7-11(8)17-13-10(3)9(2)12(14)15-16-13/h4-7H,1-3H3. The van der Waals surface area contributed by atoms with Crippen LogP contribution in [0.1, 0.15) is 16.7 Å². The van der Waals surface area contributed by atoms with Gasteiger partial charge in [-0.15, -0.1) is 10.2 Å². The smallest absolute Gasteiger partial charge is 0.142 e. The van der Waals surface area contributed by atoms with Crippen molar-refractivity contribution >= 4 is 23.4 Å². The molecule has 17 heavy (non-hydrogen) atoms. The Labute approximate surface area is 110 Å². The van der Waals surface area contributed by atoms with Crippen molar-refractivity contribution in [3.8, 4) is 0 Å². The first-order valence-corrected chi connectivity index (χ1v) is 6.52. The minimum Gasteiger partial charge on any atom is -0.142 e. The van der Waals surface area contributed by atoms with Gasteiger partial charge in [-0.05, 0) is 43.5 Å². The topological polar surface area (TPSA) is 25.8 Å². The molecule has 4 heteroatoms. The Morgan fingerprint density at radius 2 is 1.71 bits per heavy atom. The van der Waals surface area contributed by atoms with Gasteiger partial charge in [0.25, 0.3) is 0 Å². The van der Waals surface area contributed by atoms with Gasteiger partial charge in [-0.2, -0.15) is 0 Å². The third kappa shape index (κ3) is 2.61. The summed E-state index contributed by atoms with van der Waals surface area (Å²) >= 11 is 7.57. The highest BCUT2D eigenvalue weighted by Gasteiger charge is 2.10. The highest BCUT2D eigenvalue weighted by Crippen LogP contribution is 2.32. The number of rotatable bonds is 2. The van der Waals surface area contributed by atoms with Crippen LogP contribution < -0.4 is 0 Å². The van der Waals surface area contributed by atoms with Gasteiger partial charge in [-0.3, -0.25) is 0 Å². The first kappa shape index (κ1) is 12.4. The molecule has 0 N–H and O–H groups in total. The van der Waals surface area contributed by atoms with Crippen molar-refractivity contribution in [1.29, 1.82) is 0 Å². The maximum absolute atomic E-state index is 5.94. The Balaban J connectivity index is 2.38. The van der Waals surface area contributed by atoms with Crippen LogP contribution in [0.15, 0.2) is 34.2 Å². The van der Waals surface area contributed by atoms with E-state index in [0.717, 1.165) is 16.2 Å². The van der Waals surface area contributed by atoms with E-state index >= 15 is 0 Å². The zero-order chi connectivity index (χ0) is 12.4. The molecule has 0 spiro atoms. The van der Waals surface area contributed by atoms with E-state index in [4.69, 9.17) is 11.6 Å². The second-order valence-electron chi connectivity index (χ2n) is 3.91. The van der Waals surface area contributed by atoms with Crippen LogP contribution in [0, 0.1) is 20.8 Å². The highest BCUT2D eigenvalue weighted by molar-refractivity contribution is 7.99. The third-order valence-corrected chi connectivity index (χ3v) is 4.34. The van der Waals surface area contributed by atoms with Gasteiger partial charge >= 0.3 is 0 Å². The molecule has 0 fully saturated rings. The summed E-state index contributed by atoms with van der Waals surface area (Å²) in [6.07, 6.45) is 0. The van der Waals surface area contributed by atoms with E-state index in [2.05, 4.69) is 29.3 Å². The van der Waals surface area contributed by atoms with E-state index in [-0.39, 0.29) is 0 Å². The summed E-state index contributed by atoms with van der Waals surface area (Å²) in [6.45, 7) is 6.08. The summed E-state index contributed by atoms with van der Waals surface area (Å²) in [5, 5.41) is 9.52. The SMILES string of the molecule is Cc1ccccc1Sc1nnc(Cl)c(C)c1C. The van der Waals surface area contributed by atoms with E-state index in [1.807, 2.05) is 26.0 Å². The van der Waals surface area contributed by atoms with E-state index < -0.39 is 0 Å². The maximum atomic E-state index is 5.94. The summed E-state index contributed by atoms with van der Waals surface area (Å²) in [5.41, 5.74) is 3.34. The van der Waals surface area contributed by atoms with Crippen molar-refractivity contribution in [1.82, 2.24) is 10.2 Å². The number of hydrogen-bond acceptors (Lipinski definition) is 3. The van der Waals surface area contributed by atoms with Gasteiger partial charge in [0.1, 0.15) is 5.03 Å². The van der Waals surface area contributed by atoms with Gasteiger partial charge in [-0.25, -0.2) is 0 Å². The van der Waals surface area contributed by atoms with Crippen LogP contribution in [0.5, 0.6) is 0 Å². The van der Waals surface area contributed by atoms with Crippen LogP contribution in [0.2, 0.25) is 5.15 Å². The van der Waals surface area contributed by atoms with Gasteiger partial charge in [-0.1, -0.05) is 41.6 Å². The molecule has 1 heterocycles. The van der Waals surface area contributed by atoms with Crippen molar-refractivity contribution in [2.45, 2.75) is 30.7 Å². The van der Waals surface area contributed by atoms with Gasteiger partial charge in [0.2, 0.25) is 0 Å². The fraction of sp³-hybridized carbons (Fsp3) is 0.231. The molecule has 0 aliphatic carbocycles. The zero-order valence-corrected chi connectivity index (χ0v) is 11.6. The predicted molar refractivity (Wildman–Crippen MR) is 71.8 cm³/mol. The van der Waals surface area contributed by atoms with Gasteiger partial charge < -0.3 is 0 Å². The van der Waals surface area contributed by atoms with E-state index in [9.17, 15) is 0 Å². The molecule has 0 unspecified atom stereocenters. The van der Waals surface area contributed by atoms with Crippen molar-refractivity contribution in [3.05, 3.63) is 46.1 Å². The summed E-state index contributed by atoms with van der Waals surface area (Å²) in [6, 6.07) is 8.24. The molecule has 0 amide bonds. The van der Waals surface area contributed by atoms with Crippen LogP contribution in [0.4, 0.5) is 0 Å². The van der Waals surface area contributed by atoms with Crippen LogP contribution >= 0.6 is 23.4 Å². The Kier molecular flexibility index (Phi) is 3.69. The first-order valence-electron chi connectivity index (χ1n) is 5.32. The monoisotopic (exact) mass is 264 g/mol. The maximum Gasteiger partial charge on any atom is 0.154 e. The Hall–Kier alpha value is -1.06. The molecule has 0 saturated heterocycles. The van der Waals surface area contributed by atoms with Crippen LogP contribution in [-0.4, -0.2) is 10.2 Å². The lowest BCUT2D eigenvalue weighted by Gasteiger charge is -2.08. The number of aryl methyl sites for hydroxylation is 1. The number of hydrogen-bond donors (Lipinski definition) is 0. The summed E-state index contributed by atoms with van der Waals surface area (Å²) in [7, 11) is 0. The lowest BCUT2D eigenvalue weighted by atomic mass is 10.2. The van der Waals surface area contributed by atoms with E-state index in [0.29, 0.717) is 5.15 Å². The molecule has 88 valence electrons. The molecule has 0 aliphatic heterocycles. The van der Waals surface area contributed by atoms with Gasteiger partial charge in [0, 0.05) is 4.90 Å². The average Bonchev–Trinajstić information content (AvgIpc) is 2.32. The van der Waals surface area contributed by atoms with Crippen molar-refractivity contribution in [2.75, 3.05) is 0 Å². The molecule has 2 nitrogen and oxygen atoms in total. The second kappa shape index (κ2) is 5.07. The fourth-order valence-electron chi connectivity index (χ4n) is 1.43. The lowest BCUT2D eigenvalue weighted by molar-refractivity contribution is 0.891. The highest BCUT2D eigenvalue weighted by atomic mass is 35.5. The molecule has 0 atom stereocenters. The largest absolute Gasteiger partial charge is 0.154 e. The molecule has 0 saturated carbocycles. The number of benzene rings is 1. The molecular weight excluding hydrogens is 252 g/mol. The Bertz CT molecular complexity index is 555. The average molecular weight is 265 g/mol. The molecule has 0 bridgehead atoms. The van der Waals surface area contributed by atoms with Crippen LogP contribution in [-0.2, 0) is 0 Å². The molecular formula is C13H13ClN2S. The normalized spacial score (nSPS) is 10.6. The fourth-order valence-corrected chi connectivity index (χ4v) is 2.58. The molecule has 2 rings (SSSR count). The molecule has 0 aliphatic rings. The van der Waals surface area contributed by atoms with Crippen molar-refractivity contribution in [3.63, 3.8) is 0 Å². The van der Waals surface area contributed by atoms with Crippen molar-refractivity contribution in [2.24, 2.45) is 0 Å². The summed E-state index contributed by atoms with van der Waals surface area (Å²) in [4.78, 5) is 1.20. The third-order valence-electron chi connectivity index (χ3n) is 2.72. The predicted octanol–water partition coefficient (Wildman–Crippen LogP) is 4.21. The van der Waals surface area contributed by atoms with Gasteiger partial charge in [0.05, 0.1) is 0 Å². The summed E-state index contributed by atoms with van der Waals surface area (Å²) < 4.78 is 0.